The minimum absolute atomic E-state index is 0.255. The topological polar surface area (TPSA) is 43.4 Å². The monoisotopic (exact) mass is 280 g/mol. The molecule has 0 saturated carbocycles. The molecule has 4 heteroatoms. The van der Waals surface area contributed by atoms with Gasteiger partial charge in [-0.25, -0.2) is 4.79 Å². The Morgan fingerprint density at radius 2 is 1.84 bits per heavy atom. The van der Waals surface area contributed by atoms with Crippen molar-refractivity contribution in [2.45, 2.75) is 33.1 Å². The van der Waals surface area contributed by atoms with Crippen LogP contribution in [0.2, 0.25) is 0 Å². The first-order valence-corrected chi connectivity index (χ1v) is 7.57. The molecule has 19 heavy (non-hydrogen) atoms. The summed E-state index contributed by atoms with van der Waals surface area (Å²) in [5.74, 6) is 0.552. The van der Waals surface area contributed by atoms with Crippen molar-refractivity contribution in [2.75, 3.05) is 12.4 Å². The van der Waals surface area contributed by atoms with Crippen molar-refractivity contribution in [1.82, 2.24) is 0 Å². The van der Waals surface area contributed by atoms with E-state index in [1.807, 2.05) is 19.1 Å². The predicted molar refractivity (Wildman–Crippen MR) is 78.5 cm³/mol. The number of hydrogen-bond donors (Lipinski definition) is 0. The number of benzene rings is 1. The molecular formula is C15H20O3S. The van der Waals surface area contributed by atoms with Crippen LogP contribution >= 0.6 is 11.8 Å². The largest absolute Gasteiger partial charge is 0.462 e. The zero-order valence-corrected chi connectivity index (χ0v) is 12.3. The van der Waals surface area contributed by atoms with Gasteiger partial charge in [-0.1, -0.05) is 30.8 Å². The van der Waals surface area contributed by atoms with Gasteiger partial charge in [-0.05, 0) is 43.2 Å². The van der Waals surface area contributed by atoms with Gasteiger partial charge in [0.1, 0.15) is 0 Å². The van der Waals surface area contributed by atoms with Crippen molar-refractivity contribution in [3.8, 4) is 0 Å². The molecule has 0 aliphatic heterocycles. The highest BCUT2D eigenvalue weighted by Crippen LogP contribution is 2.12. The first kappa shape index (κ1) is 15.8. The molecule has 0 aliphatic rings. The lowest BCUT2D eigenvalue weighted by molar-refractivity contribution is -0.111. The zero-order chi connectivity index (χ0) is 14.1. The Morgan fingerprint density at radius 1 is 1.16 bits per heavy atom. The van der Waals surface area contributed by atoms with Crippen LogP contribution in [0.25, 0.3) is 0 Å². The molecule has 0 radical (unpaired) electrons. The van der Waals surface area contributed by atoms with Crippen molar-refractivity contribution in [3.05, 3.63) is 35.4 Å². The van der Waals surface area contributed by atoms with Crippen LogP contribution in [0, 0.1) is 0 Å². The molecule has 0 unspecified atom stereocenters. The van der Waals surface area contributed by atoms with Crippen LogP contribution in [0.3, 0.4) is 0 Å². The fourth-order valence-electron chi connectivity index (χ4n) is 1.69. The number of rotatable bonds is 7. The second kappa shape index (κ2) is 8.75. The number of carbonyl (C=O) groups excluding carboxylic acids is 2. The van der Waals surface area contributed by atoms with Gasteiger partial charge in [0.25, 0.3) is 0 Å². The average Bonchev–Trinajstić information content (AvgIpc) is 2.40. The van der Waals surface area contributed by atoms with Crippen molar-refractivity contribution < 1.29 is 14.3 Å². The van der Waals surface area contributed by atoms with Crippen molar-refractivity contribution in [2.24, 2.45) is 0 Å². The highest BCUT2D eigenvalue weighted by Gasteiger charge is 2.06. The Hall–Kier alpha value is -1.29. The van der Waals surface area contributed by atoms with Gasteiger partial charge in [-0.15, -0.1) is 0 Å². The first-order valence-electron chi connectivity index (χ1n) is 6.59. The van der Waals surface area contributed by atoms with E-state index in [-0.39, 0.29) is 11.1 Å². The molecule has 0 amide bonds. The lowest BCUT2D eigenvalue weighted by Gasteiger charge is -2.04. The Balaban J connectivity index is 2.40. The molecule has 104 valence electrons. The highest BCUT2D eigenvalue weighted by molar-refractivity contribution is 8.13. The summed E-state index contributed by atoms with van der Waals surface area (Å²) in [4.78, 5) is 22.8. The van der Waals surface area contributed by atoms with Crippen LogP contribution in [-0.4, -0.2) is 23.4 Å². The van der Waals surface area contributed by atoms with E-state index in [0.29, 0.717) is 18.6 Å². The summed E-state index contributed by atoms with van der Waals surface area (Å²) in [6.07, 6.45) is 2.32. The Morgan fingerprint density at radius 3 is 2.42 bits per heavy atom. The van der Waals surface area contributed by atoms with Gasteiger partial charge < -0.3 is 4.74 Å². The maximum atomic E-state index is 11.5. The van der Waals surface area contributed by atoms with Gasteiger partial charge >= 0.3 is 5.97 Å². The molecule has 0 aliphatic carbocycles. The molecule has 0 saturated heterocycles. The van der Waals surface area contributed by atoms with Gasteiger partial charge in [0.15, 0.2) is 5.12 Å². The SMILES string of the molecule is CCOC(=O)c1ccc(CCCC(=O)SCC)cc1. The minimum Gasteiger partial charge on any atom is -0.462 e. The van der Waals surface area contributed by atoms with E-state index in [1.165, 1.54) is 11.8 Å². The van der Waals surface area contributed by atoms with E-state index in [2.05, 4.69) is 0 Å². The highest BCUT2D eigenvalue weighted by atomic mass is 32.2. The fourth-order valence-corrected chi connectivity index (χ4v) is 2.30. The molecule has 0 N–H and O–H groups in total. The lowest BCUT2D eigenvalue weighted by atomic mass is 10.1. The normalized spacial score (nSPS) is 10.2. The third-order valence-corrected chi connectivity index (χ3v) is 3.43. The smallest absolute Gasteiger partial charge is 0.338 e. The third kappa shape index (κ3) is 5.92. The van der Waals surface area contributed by atoms with E-state index < -0.39 is 0 Å². The van der Waals surface area contributed by atoms with Crippen LogP contribution in [0.4, 0.5) is 0 Å². The van der Waals surface area contributed by atoms with Gasteiger partial charge in [0.2, 0.25) is 0 Å². The predicted octanol–water partition coefficient (Wildman–Crippen LogP) is 3.47. The lowest BCUT2D eigenvalue weighted by Crippen LogP contribution is -2.04. The molecule has 0 aromatic heterocycles. The van der Waals surface area contributed by atoms with Crippen LogP contribution in [0.1, 0.15) is 42.6 Å². The number of thioether (sulfide) groups is 1. The number of aryl methyl sites for hydroxylation is 1. The molecule has 0 atom stereocenters. The molecule has 1 rings (SSSR count). The number of carbonyl (C=O) groups is 2. The maximum Gasteiger partial charge on any atom is 0.338 e. The molecule has 0 heterocycles. The first-order chi connectivity index (χ1) is 9.17. The summed E-state index contributed by atoms with van der Waals surface area (Å²) >= 11 is 1.38. The zero-order valence-electron chi connectivity index (χ0n) is 11.5. The second-order valence-corrected chi connectivity index (χ2v) is 5.40. The van der Waals surface area contributed by atoms with Gasteiger partial charge in [0.05, 0.1) is 12.2 Å². The standard InChI is InChI=1S/C15H20O3S/c1-3-18-15(17)13-10-8-12(9-11-13)6-5-7-14(16)19-4-2/h8-11H,3-7H2,1-2H3. The van der Waals surface area contributed by atoms with E-state index in [0.717, 1.165) is 24.2 Å². The second-order valence-electron chi connectivity index (χ2n) is 4.08. The van der Waals surface area contributed by atoms with Crippen molar-refractivity contribution >= 4 is 22.8 Å². The molecule has 1 aromatic rings. The molecule has 1 aromatic carbocycles. The summed E-state index contributed by atoms with van der Waals surface area (Å²) in [6, 6.07) is 7.39. The Kier molecular flexibility index (Phi) is 7.26. The van der Waals surface area contributed by atoms with Gasteiger partial charge in [-0.3, -0.25) is 4.79 Å². The maximum absolute atomic E-state index is 11.5. The van der Waals surface area contributed by atoms with Crippen molar-refractivity contribution in [1.29, 1.82) is 0 Å². The summed E-state index contributed by atoms with van der Waals surface area (Å²) in [5, 5.41) is 0.255. The fraction of sp³-hybridized carbons (Fsp3) is 0.467. The number of ether oxygens (including phenoxy) is 1. The van der Waals surface area contributed by atoms with E-state index >= 15 is 0 Å². The summed E-state index contributed by atoms with van der Waals surface area (Å²) in [6.45, 7) is 4.16. The summed E-state index contributed by atoms with van der Waals surface area (Å²) in [7, 11) is 0. The molecular weight excluding hydrogens is 260 g/mol. The summed E-state index contributed by atoms with van der Waals surface area (Å²) in [5.41, 5.74) is 1.71. The number of hydrogen-bond acceptors (Lipinski definition) is 4. The van der Waals surface area contributed by atoms with E-state index in [9.17, 15) is 9.59 Å². The third-order valence-electron chi connectivity index (χ3n) is 2.62. The van der Waals surface area contributed by atoms with Gasteiger partial charge in [-0.2, -0.15) is 0 Å². The Bertz CT molecular complexity index is 412. The van der Waals surface area contributed by atoms with Crippen LogP contribution in [-0.2, 0) is 16.0 Å². The summed E-state index contributed by atoms with van der Waals surface area (Å²) < 4.78 is 4.92. The molecule has 0 spiro atoms. The molecule has 3 nitrogen and oxygen atoms in total. The molecule has 0 bridgehead atoms. The average molecular weight is 280 g/mol. The number of esters is 1. The van der Waals surface area contributed by atoms with E-state index in [1.54, 1.807) is 19.1 Å². The van der Waals surface area contributed by atoms with E-state index in [4.69, 9.17) is 4.74 Å². The quantitative estimate of drug-likeness (QED) is 0.717. The van der Waals surface area contributed by atoms with Crippen molar-refractivity contribution in [3.63, 3.8) is 0 Å². The van der Waals surface area contributed by atoms with Crippen LogP contribution in [0.5, 0.6) is 0 Å². The van der Waals surface area contributed by atoms with Gasteiger partial charge in [0, 0.05) is 6.42 Å². The minimum atomic E-state index is -0.288. The van der Waals surface area contributed by atoms with Crippen LogP contribution < -0.4 is 0 Å². The van der Waals surface area contributed by atoms with Crippen LogP contribution in [0.15, 0.2) is 24.3 Å². The Labute approximate surface area is 118 Å². The molecule has 0 fully saturated rings.